The highest BCUT2D eigenvalue weighted by molar-refractivity contribution is 6.16. The van der Waals surface area contributed by atoms with Crippen molar-refractivity contribution in [2.75, 3.05) is 0 Å². The fourth-order valence-corrected chi connectivity index (χ4v) is 3.26. The lowest BCUT2D eigenvalue weighted by atomic mass is 9.99. The van der Waals surface area contributed by atoms with Gasteiger partial charge in [0.2, 0.25) is 0 Å². The Morgan fingerprint density at radius 2 is 1.45 bits per heavy atom. The number of aromatic hydroxyl groups is 3. The second-order valence-corrected chi connectivity index (χ2v) is 6.49. The molecule has 0 atom stereocenters. The third kappa shape index (κ3) is 3.19. The highest BCUT2D eigenvalue weighted by Crippen LogP contribution is 2.48. The minimum absolute atomic E-state index is 0.0640. The van der Waals surface area contributed by atoms with Gasteiger partial charge < -0.3 is 15.3 Å². The topological polar surface area (TPSA) is 172 Å². The normalized spacial score (nSPS) is 11.4. The van der Waals surface area contributed by atoms with Crippen molar-refractivity contribution in [2.24, 2.45) is 10.2 Å². The van der Waals surface area contributed by atoms with Crippen LogP contribution in [0.15, 0.2) is 64.8 Å². The zero-order valence-corrected chi connectivity index (χ0v) is 15.5. The molecule has 0 aliphatic rings. The van der Waals surface area contributed by atoms with Crippen molar-refractivity contribution in [3.05, 3.63) is 74.8 Å². The Morgan fingerprint density at radius 3 is 2.13 bits per heavy atom. The molecule has 0 saturated carbocycles. The lowest BCUT2D eigenvalue weighted by molar-refractivity contribution is -0.393. The van der Waals surface area contributed by atoms with Crippen molar-refractivity contribution in [1.82, 2.24) is 0 Å². The molecule has 0 bridgehead atoms. The van der Waals surface area contributed by atoms with Gasteiger partial charge in [-0.3, -0.25) is 20.2 Å². The van der Waals surface area contributed by atoms with Crippen LogP contribution in [0.2, 0.25) is 0 Å². The first-order chi connectivity index (χ1) is 14.8. The maximum atomic E-state index is 11.3. The highest BCUT2D eigenvalue weighted by Gasteiger charge is 2.21. The monoisotopic (exact) mass is 420 g/mol. The second-order valence-electron chi connectivity index (χ2n) is 6.49. The molecule has 31 heavy (non-hydrogen) atoms. The standard InChI is InChI=1S/C20H12N4O7/c25-16-8-6-13-17(20(16)27)19(26)12-4-2-1-3-11(12)18(13)22-21-14-7-5-10(23(28)29)9-15(14)24(30)31/h1-9,25-27H. The molecule has 0 unspecified atom stereocenters. The van der Waals surface area contributed by atoms with E-state index in [1.54, 1.807) is 24.3 Å². The van der Waals surface area contributed by atoms with Crippen LogP contribution in [0.25, 0.3) is 21.5 Å². The molecule has 0 saturated heterocycles. The van der Waals surface area contributed by atoms with E-state index in [-0.39, 0.29) is 27.9 Å². The molecular formula is C20H12N4O7. The number of nitro benzene ring substituents is 2. The van der Waals surface area contributed by atoms with Crippen molar-refractivity contribution in [1.29, 1.82) is 0 Å². The maximum absolute atomic E-state index is 11.3. The summed E-state index contributed by atoms with van der Waals surface area (Å²) in [7, 11) is 0. The van der Waals surface area contributed by atoms with Crippen LogP contribution in [0.1, 0.15) is 0 Å². The van der Waals surface area contributed by atoms with Gasteiger partial charge in [0.05, 0.1) is 21.3 Å². The second kappa shape index (κ2) is 7.22. The molecular weight excluding hydrogens is 408 g/mol. The lowest BCUT2D eigenvalue weighted by Crippen LogP contribution is -1.92. The van der Waals surface area contributed by atoms with Gasteiger partial charge in [0.25, 0.3) is 5.69 Å². The molecule has 4 aromatic rings. The van der Waals surface area contributed by atoms with Gasteiger partial charge in [0.15, 0.2) is 17.2 Å². The molecule has 0 fully saturated rings. The Labute approximate surface area is 172 Å². The molecule has 0 aromatic heterocycles. The number of fused-ring (bicyclic) bond motifs is 2. The number of phenols is 3. The zero-order chi connectivity index (χ0) is 22.3. The molecule has 4 rings (SSSR count). The van der Waals surface area contributed by atoms with E-state index in [2.05, 4.69) is 10.2 Å². The molecule has 0 aliphatic carbocycles. The Bertz CT molecular complexity index is 1430. The predicted molar refractivity (Wildman–Crippen MR) is 110 cm³/mol. The SMILES string of the molecule is O=[N+]([O-])c1ccc(N=Nc2c3ccccc3c(O)c3c(O)c(O)ccc23)c([N+](=O)[O-])c1. The fourth-order valence-electron chi connectivity index (χ4n) is 3.26. The third-order valence-corrected chi connectivity index (χ3v) is 4.71. The number of hydrogen-bond donors (Lipinski definition) is 3. The Morgan fingerprint density at radius 1 is 0.742 bits per heavy atom. The molecule has 3 N–H and O–H groups in total. The smallest absolute Gasteiger partial charge is 0.303 e. The minimum atomic E-state index is -0.807. The zero-order valence-electron chi connectivity index (χ0n) is 15.5. The number of phenolic OH excluding ortho intramolecular Hbond substituents is 3. The van der Waals surface area contributed by atoms with E-state index in [9.17, 15) is 35.5 Å². The number of non-ortho nitro benzene ring substituents is 1. The average molecular weight is 420 g/mol. The number of rotatable bonds is 4. The van der Waals surface area contributed by atoms with Crippen molar-refractivity contribution in [3.63, 3.8) is 0 Å². The fraction of sp³-hybridized carbons (Fsp3) is 0. The summed E-state index contributed by atoms with van der Waals surface area (Å²) < 4.78 is 0. The first-order valence-electron chi connectivity index (χ1n) is 8.72. The van der Waals surface area contributed by atoms with Gasteiger partial charge in [0, 0.05) is 22.2 Å². The van der Waals surface area contributed by atoms with E-state index in [0.717, 1.165) is 18.2 Å². The number of azo groups is 1. The largest absolute Gasteiger partial charge is 0.507 e. The van der Waals surface area contributed by atoms with Crippen LogP contribution in [-0.2, 0) is 0 Å². The summed E-state index contributed by atoms with van der Waals surface area (Å²) in [6.45, 7) is 0. The summed E-state index contributed by atoms with van der Waals surface area (Å²) in [6.07, 6.45) is 0. The number of nitrogens with zero attached hydrogens (tertiary/aromatic N) is 4. The lowest BCUT2D eigenvalue weighted by Gasteiger charge is -2.12. The van der Waals surface area contributed by atoms with Gasteiger partial charge in [-0.05, 0) is 18.2 Å². The van der Waals surface area contributed by atoms with E-state index in [1.807, 2.05) is 0 Å². The minimum Gasteiger partial charge on any atom is -0.507 e. The first-order valence-corrected chi connectivity index (χ1v) is 8.72. The third-order valence-electron chi connectivity index (χ3n) is 4.71. The van der Waals surface area contributed by atoms with Crippen molar-refractivity contribution >= 4 is 44.3 Å². The summed E-state index contributed by atoms with van der Waals surface area (Å²) in [5.74, 6) is -1.29. The van der Waals surface area contributed by atoms with Crippen LogP contribution in [0.5, 0.6) is 17.2 Å². The van der Waals surface area contributed by atoms with Gasteiger partial charge >= 0.3 is 5.69 Å². The van der Waals surface area contributed by atoms with Gasteiger partial charge in [-0.1, -0.05) is 24.3 Å². The van der Waals surface area contributed by atoms with Crippen LogP contribution in [0, 0.1) is 20.2 Å². The number of nitro groups is 2. The average Bonchev–Trinajstić information content (AvgIpc) is 2.75. The Balaban J connectivity index is 2.00. The summed E-state index contributed by atoms with van der Waals surface area (Å²) >= 11 is 0. The van der Waals surface area contributed by atoms with E-state index in [4.69, 9.17) is 0 Å². The van der Waals surface area contributed by atoms with Crippen LogP contribution < -0.4 is 0 Å². The first kappa shape index (κ1) is 19.5. The van der Waals surface area contributed by atoms with Gasteiger partial charge in [0.1, 0.15) is 11.4 Å². The van der Waals surface area contributed by atoms with Gasteiger partial charge in [-0.25, -0.2) is 0 Å². The summed E-state index contributed by atoms with van der Waals surface area (Å²) in [5.41, 5.74) is -1.12. The summed E-state index contributed by atoms with van der Waals surface area (Å²) in [6, 6.07) is 12.1. The number of hydrogen-bond acceptors (Lipinski definition) is 9. The predicted octanol–water partition coefficient (Wildman–Crippen LogP) is 5.34. The van der Waals surface area contributed by atoms with Crippen LogP contribution >= 0.6 is 0 Å². The molecule has 11 heteroatoms. The van der Waals surface area contributed by atoms with E-state index in [1.165, 1.54) is 12.1 Å². The molecule has 11 nitrogen and oxygen atoms in total. The maximum Gasteiger partial charge on any atom is 0.303 e. The van der Waals surface area contributed by atoms with E-state index in [0.29, 0.717) is 10.8 Å². The van der Waals surface area contributed by atoms with E-state index < -0.39 is 32.7 Å². The molecule has 0 spiro atoms. The van der Waals surface area contributed by atoms with E-state index >= 15 is 0 Å². The molecule has 0 amide bonds. The highest BCUT2D eigenvalue weighted by atomic mass is 16.6. The summed E-state index contributed by atoms with van der Waals surface area (Å²) in [4.78, 5) is 20.7. The van der Waals surface area contributed by atoms with Crippen molar-refractivity contribution in [3.8, 4) is 17.2 Å². The van der Waals surface area contributed by atoms with Gasteiger partial charge in [-0.15, -0.1) is 10.2 Å². The quantitative estimate of drug-likeness (QED) is 0.131. The van der Waals surface area contributed by atoms with Crippen molar-refractivity contribution in [2.45, 2.75) is 0 Å². The summed E-state index contributed by atoms with van der Waals surface area (Å²) in [5, 5.41) is 61.9. The molecule has 0 aliphatic heterocycles. The Hall–Kier alpha value is -4.80. The molecule has 154 valence electrons. The molecule has 0 radical (unpaired) electrons. The van der Waals surface area contributed by atoms with Crippen LogP contribution in [-0.4, -0.2) is 25.2 Å². The molecule has 4 aromatic carbocycles. The van der Waals surface area contributed by atoms with Gasteiger partial charge in [-0.2, -0.15) is 0 Å². The Kier molecular flexibility index (Phi) is 4.55. The van der Waals surface area contributed by atoms with Crippen LogP contribution in [0.3, 0.4) is 0 Å². The number of benzene rings is 4. The van der Waals surface area contributed by atoms with Crippen LogP contribution in [0.4, 0.5) is 22.7 Å². The van der Waals surface area contributed by atoms with Crippen molar-refractivity contribution < 1.29 is 25.2 Å². The molecule has 0 heterocycles.